The molecule has 20 heavy (non-hydrogen) atoms. The van der Waals surface area contributed by atoms with Gasteiger partial charge in [-0.15, -0.1) is 11.3 Å². The van der Waals surface area contributed by atoms with Gasteiger partial charge < -0.3 is 15.2 Å². The minimum absolute atomic E-state index is 0.254. The summed E-state index contributed by atoms with van der Waals surface area (Å²) < 4.78 is 5.56. The number of aliphatic hydroxyl groups excluding tert-OH is 1. The molecular weight excluding hydrogens is 270 g/mol. The molecule has 0 radical (unpaired) electrons. The second-order valence-electron chi connectivity index (χ2n) is 4.92. The standard InChI is InChI=1S/C16H21NO2S/c1-12-5-7-15(8-6-12)19-11-14(18)10-17-13(2)16-4-3-9-20-16/h3-9,13-14,17-18H,10-11H2,1-2H3/t13-,14?/m0/s1. The molecule has 0 bridgehead atoms. The quantitative estimate of drug-likeness (QED) is 0.823. The molecule has 2 aromatic rings. The Bertz CT molecular complexity index is 496. The summed E-state index contributed by atoms with van der Waals surface area (Å²) in [5, 5.41) is 15.3. The zero-order valence-electron chi connectivity index (χ0n) is 11.9. The number of benzene rings is 1. The van der Waals surface area contributed by atoms with Crippen molar-refractivity contribution in [2.75, 3.05) is 13.2 Å². The number of nitrogens with one attached hydrogen (secondary N) is 1. The summed E-state index contributed by atoms with van der Waals surface area (Å²) in [6.07, 6.45) is -0.515. The predicted octanol–water partition coefficient (Wildman–Crippen LogP) is 3.15. The highest BCUT2D eigenvalue weighted by Gasteiger charge is 2.10. The molecule has 2 rings (SSSR count). The zero-order valence-corrected chi connectivity index (χ0v) is 12.7. The Morgan fingerprint density at radius 3 is 2.65 bits per heavy atom. The van der Waals surface area contributed by atoms with E-state index in [0.717, 1.165) is 5.75 Å². The van der Waals surface area contributed by atoms with Crippen LogP contribution in [0.1, 0.15) is 23.4 Å². The molecule has 3 nitrogen and oxygen atoms in total. The predicted molar refractivity (Wildman–Crippen MR) is 83.4 cm³/mol. The third-order valence-corrected chi connectivity index (χ3v) is 4.15. The van der Waals surface area contributed by atoms with Crippen LogP contribution in [0.3, 0.4) is 0 Å². The first-order valence-corrected chi connectivity index (χ1v) is 7.67. The molecule has 0 aliphatic rings. The van der Waals surface area contributed by atoms with Crippen LogP contribution < -0.4 is 10.1 Å². The van der Waals surface area contributed by atoms with Crippen molar-refractivity contribution in [3.63, 3.8) is 0 Å². The first-order chi connectivity index (χ1) is 9.65. The summed E-state index contributed by atoms with van der Waals surface area (Å²) >= 11 is 1.72. The van der Waals surface area contributed by atoms with Gasteiger partial charge in [0.25, 0.3) is 0 Å². The van der Waals surface area contributed by atoms with Crippen molar-refractivity contribution in [2.24, 2.45) is 0 Å². The van der Waals surface area contributed by atoms with Crippen molar-refractivity contribution in [1.82, 2.24) is 5.32 Å². The number of hydrogen-bond donors (Lipinski definition) is 2. The second kappa shape index (κ2) is 7.43. The first-order valence-electron chi connectivity index (χ1n) is 6.79. The van der Waals surface area contributed by atoms with Crippen LogP contribution in [0.5, 0.6) is 5.75 Å². The molecule has 2 N–H and O–H groups in total. The monoisotopic (exact) mass is 291 g/mol. The summed E-state index contributed by atoms with van der Waals surface area (Å²) in [5.74, 6) is 0.793. The molecule has 0 saturated carbocycles. The molecule has 0 aliphatic heterocycles. The molecule has 0 spiro atoms. The topological polar surface area (TPSA) is 41.5 Å². The van der Waals surface area contributed by atoms with E-state index in [-0.39, 0.29) is 6.04 Å². The SMILES string of the molecule is Cc1ccc(OCC(O)CN[C@@H](C)c2cccs2)cc1. The maximum atomic E-state index is 9.93. The van der Waals surface area contributed by atoms with Crippen molar-refractivity contribution < 1.29 is 9.84 Å². The van der Waals surface area contributed by atoms with Gasteiger partial charge in [-0.1, -0.05) is 23.8 Å². The molecule has 1 unspecified atom stereocenters. The molecule has 0 amide bonds. The zero-order chi connectivity index (χ0) is 14.4. The summed E-state index contributed by atoms with van der Waals surface area (Å²) in [4.78, 5) is 1.27. The fraction of sp³-hybridized carbons (Fsp3) is 0.375. The van der Waals surface area contributed by atoms with Gasteiger partial charge in [0.2, 0.25) is 0 Å². The number of ether oxygens (including phenoxy) is 1. The van der Waals surface area contributed by atoms with Crippen molar-refractivity contribution in [3.8, 4) is 5.75 Å². The summed E-state index contributed by atoms with van der Waals surface area (Å²) in [6, 6.07) is 12.2. The Kier molecular flexibility index (Phi) is 5.59. The fourth-order valence-electron chi connectivity index (χ4n) is 1.84. The highest BCUT2D eigenvalue weighted by molar-refractivity contribution is 7.10. The summed E-state index contributed by atoms with van der Waals surface area (Å²) in [7, 11) is 0. The molecule has 0 aliphatic carbocycles. The van der Waals surface area contributed by atoms with Gasteiger partial charge in [-0.3, -0.25) is 0 Å². The van der Waals surface area contributed by atoms with Crippen molar-refractivity contribution in [2.45, 2.75) is 26.0 Å². The lowest BCUT2D eigenvalue weighted by atomic mass is 10.2. The van der Waals surface area contributed by atoms with Gasteiger partial charge in [-0.2, -0.15) is 0 Å². The average Bonchev–Trinajstić information content (AvgIpc) is 2.98. The number of aryl methyl sites for hydroxylation is 1. The summed E-state index contributed by atoms with van der Waals surface area (Å²) in [6.45, 7) is 4.95. The summed E-state index contributed by atoms with van der Waals surface area (Å²) in [5.41, 5.74) is 1.20. The van der Waals surface area contributed by atoms with Crippen LogP contribution in [0.15, 0.2) is 41.8 Å². The Labute approximate surface area is 124 Å². The van der Waals surface area contributed by atoms with Crippen LogP contribution in [0, 0.1) is 6.92 Å². The fourth-order valence-corrected chi connectivity index (χ4v) is 2.60. The van der Waals surface area contributed by atoms with Gasteiger partial charge in [0.15, 0.2) is 0 Å². The van der Waals surface area contributed by atoms with Crippen LogP contribution in [0.25, 0.3) is 0 Å². The molecule has 2 atom stereocenters. The van der Waals surface area contributed by atoms with E-state index in [0.29, 0.717) is 13.2 Å². The number of thiophene rings is 1. The van der Waals surface area contributed by atoms with E-state index < -0.39 is 6.10 Å². The van der Waals surface area contributed by atoms with Gasteiger partial charge in [-0.25, -0.2) is 0 Å². The Morgan fingerprint density at radius 2 is 2.00 bits per heavy atom. The molecule has 1 aromatic heterocycles. The lowest BCUT2D eigenvalue weighted by molar-refractivity contribution is 0.104. The third kappa shape index (κ3) is 4.63. The van der Waals surface area contributed by atoms with E-state index in [2.05, 4.69) is 23.7 Å². The van der Waals surface area contributed by atoms with Gasteiger partial charge >= 0.3 is 0 Å². The van der Waals surface area contributed by atoms with Crippen molar-refractivity contribution >= 4 is 11.3 Å². The molecule has 0 saturated heterocycles. The van der Waals surface area contributed by atoms with Gasteiger partial charge in [0.05, 0.1) is 0 Å². The van der Waals surface area contributed by atoms with E-state index in [1.54, 1.807) is 11.3 Å². The molecular formula is C16H21NO2S. The van der Waals surface area contributed by atoms with E-state index in [1.807, 2.05) is 37.3 Å². The molecule has 4 heteroatoms. The Morgan fingerprint density at radius 1 is 1.25 bits per heavy atom. The van der Waals surface area contributed by atoms with Crippen molar-refractivity contribution in [1.29, 1.82) is 0 Å². The molecule has 1 aromatic carbocycles. The largest absolute Gasteiger partial charge is 0.491 e. The first kappa shape index (κ1) is 15.0. The highest BCUT2D eigenvalue weighted by atomic mass is 32.1. The minimum Gasteiger partial charge on any atom is -0.491 e. The van der Waals surface area contributed by atoms with Crippen LogP contribution in [-0.4, -0.2) is 24.4 Å². The number of rotatable bonds is 7. The lowest BCUT2D eigenvalue weighted by Crippen LogP contribution is -2.32. The second-order valence-corrected chi connectivity index (χ2v) is 5.90. The van der Waals surface area contributed by atoms with Crippen LogP contribution >= 0.6 is 11.3 Å². The molecule has 0 fully saturated rings. The number of hydrogen-bond acceptors (Lipinski definition) is 4. The average molecular weight is 291 g/mol. The Hall–Kier alpha value is -1.36. The normalized spacial score (nSPS) is 13.9. The maximum absolute atomic E-state index is 9.93. The van der Waals surface area contributed by atoms with Gasteiger partial charge in [0.1, 0.15) is 18.5 Å². The van der Waals surface area contributed by atoms with Crippen molar-refractivity contribution in [3.05, 3.63) is 52.2 Å². The van der Waals surface area contributed by atoms with E-state index >= 15 is 0 Å². The lowest BCUT2D eigenvalue weighted by Gasteiger charge is -2.16. The molecule has 108 valence electrons. The molecule has 1 heterocycles. The van der Waals surface area contributed by atoms with Gasteiger partial charge in [-0.05, 0) is 37.4 Å². The van der Waals surface area contributed by atoms with E-state index in [4.69, 9.17) is 4.74 Å². The van der Waals surface area contributed by atoms with E-state index in [9.17, 15) is 5.11 Å². The van der Waals surface area contributed by atoms with Crippen LogP contribution in [0.2, 0.25) is 0 Å². The number of aliphatic hydroxyl groups is 1. The smallest absolute Gasteiger partial charge is 0.119 e. The van der Waals surface area contributed by atoms with Crippen LogP contribution in [0.4, 0.5) is 0 Å². The van der Waals surface area contributed by atoms with Gasteiger partial charge in [0, 0.05) is 17.5 Å². The van der Waals surface area contributed by atoms with E-state index in [1.165, 1.54) is 10.4 Å². The minimum atomic E-state index is -0.515. The highest BCUT2D eigenvalue weighted by Crippen LogP contribution is 2.18. The maximum Gasteiger partial charge on any atom is 0.119 e. The third-order valence-electron chi connectivity index (χ3n) is 3.09. The van der Waals surface area contributed by atoms with Crippen LogP contribution in [-0.2, 0) is 0 Å². The Balaban J connectivity index is 1.70.